The Balaban J connectivity index is 1.65. The van der Waals surface area contributed by atoms with E-state index in [1.165, 1.54) is 0 Å². The third kappa shape index (κ3) is 5.68. The number of amides is 2. The fourth-order valence-corrected chi connectivity index (χ4v) is 2.43. The smallest absolute Gasteiger partial charge is 0.315 e. The van der Waals surface area contributed by atoms with Crippen molar-refractivity contribution in [3.05, 3.63) is 42.0 Å². The topological polar surface area (TPSA) is 70.6 Å². The highest BCUT2D eigenvalue weighted by Gasteiger charge is 2.19. The summed E-state index contributed by atoms with van der Waals surface area (Å²) in [6.45, 7) is 0.932. The second-order valence-electron chi connectivity index (χ2n) is 5.46. The molecular formula is C18H22N2O3. The molecule has 23 heavy (non-hydrogen) atoms. The molecule has 3 N–H and O–H groups in total. The maximum Gasteiger partial charge on any atom is 0.315 e. The molecule has 5 heteroatoms. The van der Waals surface area contributed by atoms with Crippen molar-refractivity contribution >= 4 is 6.03 Å². The highest BCUT2D eigenvalue weighted by molar-refractivity contribution is 5.74. The van der Waals surface area contributed by atoms with Crippen LogP contribution in [0.4, 0.5) is 4.79 Å². The molecule has 0 aromatic heterocycles. The summed E-state index contributed by atoms with van der Waals surface area (Å²) in [6, 6.07) is 7.46. The monoisotopic (exact) mass is 314 g/mol. The molecular weight excluding hydrogens is 292 g/mol. The van der Waals surface area contributed by atoms with E-state index in [0.29, 0.717) is 6.54 Å². The number of aliphatic hydroxyl groups excluding tert-OH is 1. The summed E-state index contributed by atoms with van der Waals surface area (Å²) in [5.74, 6) is 3.31. The molecule has 0 saturated heterocycles. The van der Waals surface area contributed by atoms with Gasteiger partial charge in [-0.25, -0.2) is 4.79 Å². The zero-order chi connectivity index (χ0) is 16.5. The quantitative estimate of drug-likeness (QED) is 0.527. The van der Waals surface area contributed by atoms with Gasteiger partial charge in [-0.05, 0) is 30.5 Å². The Hall–Kier alpha value is -2.45. The van der Waals surface area contributed by atoms with Crippen molar-refractivity contribution in [1.82, 2.24) is 10.6 Å². The van der Waals surface area contributed by atoms with Crippen molar-refractivity contribution in [3.8, 4) is 18.1 Å². The van der Waals surface area contributed by atoms with Crippen LogP contribution in [-0.4, -0.2) is 36.9 Å². The lowest BCUT2D eigenvalue weighted by Crippen LogP contribution is -2.41. The maximum absolute atomic E-state index is 11.8. The predicted octanol–water partition coefficient (Wildman–Crippen LogP) is 1.48. The minimum atomic E-state index is -0.188. The molecule has 1 aliphatic rings. The van der Waals surface area contributed by atoms with Crippen molar-refractivity contribution in [2.45, 2.75) is 18.9 Å². The zero-order valence-corrected chi connectivity index (χ0v) is 13.0. The van der Waals surface area contributed by atoms with Crippen LogP contribution in [0.2, 0.25) is 0 Å². The Bertz CT molecular complexity index is 575. The molecule has 1 aromatic carbocycles. The predicted molar refractivity (Wildman–Crippen MR) is 89.1 cm³/mol. The Morgan fingerprint density at radius 3 is 2.78 bits per heavy atom. The summed E-state index contributed by atoms with van der Waals surface area (Å²) in [4.78, 5) is 11.8. The molecule has 1 aliphatic carbocycles. The second-order valence-corrected chi connectivity index (χ2v) is 5.46. The Morgan fingerprint density at radius 1 is 1.35 bits per heavy atom. The van der Waals surface area contributed by atoms with Crippen LogP contribution in [-0.2, 0) is 6.42 Å². The molecule has 2 rings (SSSR count). The van der Waals surface area contributed by atoms with Crippen molar-refractivity contribution in [3.63, 3.8) is 0 Å². The summed E-state index contributed by atoms with van der Waals surface area (Å²) in [5, 5.41) is 14.8. The molecule has 2 atom stereocenters. The van der Waals surface area contributed by atoms with E-state index < -0.39 is 0 Å². The van der Waals surface area contributed by atoms with Crippen molar-refractivity contribution in [2.75, 3.05) is 19.8 Å². The van der Waals surface area contributed by atoms with E-state index in [4.69, 9.17) is 16.3 Å². The van der Waals surface area contributed by atoms with Crippen molar-refractivity contribution in [2.24, 2.45) is 5.92 Å². The van der Waals surface area contributed by atoms with E-state index in [1.54, 1.807) is 0 Å². The molecule has 0 heterocycles. The van der Waals surface area contributed by atoms with Gasteiger partial charge >= 0.3 is 6.03 Å². The number of hydrogen-bond donors (Lipinski definition) is 3. The fourth-order valence-electron chi connectivity index (χ4n) is 2.43. The van der Waals surface area contributed by atoms with E-state index in [9.17, 15) is 4.79 Å². The van der Waals surface area contributed by atoms with Crippen LogP contribution in [0.15, 0.2) is 36.4 Å². The first-order chi connectivity index (χ1) is 11.2. The summed E-state index contributed by atoms with van der Waals surface area (Å²) >= 11 is 0. The van der Waals surface area contributed by atoms with Gasteiger partial charge in [0.15, 0.2) is 0 Å². The molecule has 5 nitrogen and oxygen atoms in total. The number of urea groups is 1. The van der Waals surface area contributed by atoms with Crippen LogP contribution in [0, 0.1) is 18.3 Å². The standard InChI is InChI=1S/C18H22N2O3/c1-2-11-23-17-7-4-14(5-8-17)9-10-19-18(22)20-16-6-3-15(12-16)13-21/h1,3-8,15-16,21H,9-13H2,(H2,19,20,22)/t15-,16+/m0/s1. The summed E-state index contributed by atoms with van der Waals surface area (Å²) in [5.41, 5.74) is 1.11. The number of benzene rings is 1. The third-order valence-corrected chi connectivity index (χ3v) is 3.67. The molecule has 0 spiro atoms. The summed E-state index contributed by atoms with van der Waals surface area (Å²) < 4.78 is 5.30. The number of aliphatic hydroxyl groups is 1. The lowest BCUT2D eigenvalue weighted by atomic mass is 10.1. The lowest BCUT2D eigenvalue weighted by Gasteiger charge is -2.13. The number of ether oxygens (including phenoxy) is 1. The molecule has 0 saturated carbocycles. The van der Waals surface area contributed by atoms with Gasteiger partial charge in [-0.2, -0.15) is 0 Å². The van der Waals surface area contributed by atoms with Crippen molar-refractivity contribution in [1.29, 1.82) is 0 Å². The number of rotatable bonds is 7. The highest BCUT2D eigenvalue weighted by atomic mass is 16.5. The van der Waals surface area contributed by atoms with Crippen LogP contribution < -0.4 is 15.4 Å². The van der Waals surface area contributed by atoms with Crippen LogP contribution in [0.1, 0.15) is 12.0 Å². The summed E-state index contributed by atoms with van der Waals surface area (Å²) in [7, 11) is 0. The largest absolute Gasteiger partial charge is 0.481 e. The average molecular weight is 314 g/mol. The van der Waals surface area contributed by atoms with Gasteiger partial charge in [0.05, 0.1) is 0 Å². The van der Waals surface area contributed by atoms with Gasteiger partial charge in [-0.1, -0.05) is 30.2 Å². The van der Waals surface area contributed by atoms with E-state index in [1.807, 2.05) is 36.4 Å². The lowest BCUT2D eigenvalue weighted by molar-refractivity contribution is 0.231. The van der Waals surface area contributed by atoms with E-state index in [2.05, 4.69) is 16.6 Å². The first kappa shape index (κ1) is 16.9. The van der Waals surface area contributed by atoms with E-state index >= 15 is 0 Å². The van der Waals surface area contributed by atoms with Gasteiger partial charge in [0.25, 0.3) is 0 Å². The Kier molecular flexibility index (Phi) is 6.52. The van der Waals surface area contributed by atoms with E-state index in [0.717, 1.165) is 24.2 Å². The minimum absolute atomic E-state index is 0.000244. The molecule has 0 unspecified atom stereocenters. The first-order valence-corrected chi connectivity index (χ1v) is 7.70. The maximum atomic E-state index is 11.8. The van der Waals surface area contributed by atoms with Crippen molar-refractivity contribution < 1.29 is 14.6 Å². The van der Waals surface area contributed by atoms with Gasteiger partial charge in [-0.15, -0.1) is 6.42 Å². The van der Waals surface area contributed by atoms with Gasteiger partial charge in [0, 0.05) is 25.1 Å². The third-order valence-electron chi connectivity index (χ3n) is 3.67. The molecule has 2 amide bonds. The van der Waals surface area contributed by atoms with Gasteiger partial charge in [-0.3, -0.25) is 0 Å². The van der Waals surface area contributed by atoms with Gasteiger partial charge in [0.1, 0.15) is 12.4 Å². The molecule has 0 bridgehead atoms. The number of terminal acetylenes is 1. The molecule has 0 fully saturated rings. The van der Waals surface area contributed by atoms with E-state index in [-0.39, 0.29) is 31.2 Å². The minimum Gasteiger partial charge on any atom is -0.481 e. The van der Waals surface area contributed by atoms with Gasteiger partial charge in [0.2, 0.25) is 0 Å². The SMILES string of the molecule is C#CCOc1ccc(CCNC(=O)N[C@@H]2C=C[C@H](CO)C2)cc1. The van der Waals surface area contributed by atoms with Crippen LogP contribution in [0.3, 0.4) is 0 Å². The summed E-state index contributed by atoms with van der Waals surface area (Å²) in [6.07, 6.45) is 10.5. The zero-order valence-electron chi connectivity index (χ0n) is 13.0. The molecule has 0 aliphatic heterocycles. The number of carbonyl (C=O) groups is 1. The van der Waals surface area contributed by atoms with Crippen LogP contribution in [0.25, 0.3) is 0 Å². The molecule has 1 aromatic rings. The Morgan fingerprint density at radius 2 is 2.13 bits per heavy atom. The van der Waals surface area contributed by atoms with Crippen LogP contribution in [0.5, 0.6) is 5.75 Å². The first-order valence-electron chi connectivity index (χ1n) is 7.70. The number of carbonyl (C=O) groups excluding carboxylic acids is 1. The van der Waals surface area contributed by atoms with Gasteiger partial charge < -0.3 is 20.5 Å². The Labute approximate surface area is 136 Å². The number of nitrogens with one attached hydrogen (secondary N) is 2. The average Bonchev–Trinajstić information content (AvgIpc) is 3.01. The molecule has 122 valence electrons. The highest BCUT2D eigenvalue weighted by Crippen LogP contribution is 2.16. The fraction of sp³-hybridized carbons (Fsp3) is 0.389. The van der Waals surface area contributed by atoms with Crippen LogP contribution >= 0.6 is 0 Å². The normalized spacial score (nSPS) is 19.1. The second kappa shape index (κ2) is 8.86. The number of hydrogen-bond acceptors (Lipinski definition) is 3. The molecule has 0 radical (unpaired) electrons.